The molecule has 1 aliphatic heterocycles. The van der Waals surface area contributed by atoms with Crippen molar-refractivity contribution in [2.75, 3.05) is 0 Å². The molecule has 2 N–H and O–H groups in total. The lowest BCUT2D eigenvalue weighted by Crippen LogP contribution is -2.26. The first-order chi connectivity index (χ1) is 12.0. The van der Waals surface area contributed by atoms with Crippen LogP contribution < -0.4 is 10.9 Å². The quantitative estimate of drug-likeness (QED) is 0.736. The number of hydrogen-bond acceptors (Lipinski definition) is 2. The molecule has 0 aromatic heterocycles. The summed E-state index contributed by atoms with van der Waals surface area (Å²) in [7, 11) is 0. The number of benzene rings is 2. The summed E-state index contributed by atoms with van der Waals surface area (Å²) in [6, 6.07) is 17.8. The van der Waals surface area contributed by atoms with Crippen LogP contribution in [0.3, 0.4) is 0 Å². The van der Waals surface area contributed by atoms with Crippen molar-refractivity contribution in [2.24, 2.45) is 0 Å². The van der Waals surface area contributed by atoms with E-state index in [1.165, 1.54) is 22.3 Å². The molecule has 3 rings (SSSR count). The number of allylic oxidation sites excluding steroid dienone is 1. The zero-order valence-corrected chi connectivity index (χ0v) is 15.6. The first kappa shape index (κ1) is 17.5. The lowest BCUT2D eigenvalue weighted by atomic mass is 9.99. The van der Waals surface area contributed by atoms with Gasteiger partial charge in [-0.2, -0.15) is 0 Å². The number of rotatable bonds is 5. The Kier molecular flexibility index (Phi) is 5.40. The predicted octanol–water partition coefficient (Wildman–Crippen LogP) is 5.68. The Morgan fingerprint density at radius 3 is 1.88 bits per heavy atom. The van der Waals surface area contributed by atoms with Crippen molar-refractivity contribution in [3.63, 3.8) is 0 Å². The van der Waals surface area contributed by atoms with Gasteiger partial charge in [-0.05, 0) is 46.2 Å². The Morgan fingerprint density at radius 2 is 1.32 bits per heavy atom. The smallest absolute Gasteiger partial charge is 0.0714 e. The molecule has 0 radical (unpaired) electrons. The van der Waals surface area contributed by atoms with Gasteiger partial charge in [-0.3, -0.25) is 0 Å². The molecule has 0 bridgehead atoms. The second kappa shape index (κ2) is 7.71. The second-order valence-electron chi connectivity index (χ2n) is 7.35. The van der Waals surface area contributed by atoms with E-state index < -0.39 is 0 Å². The molecule has 1 aliphatic rings. The van der Waals surface area contributed by atoms with Crippen LogP contribution in [0.4, 0.5) is 0 Å². The highest BCUT2D eigenvalue weighted by atomic mass is 15.4. The van der Waals surface area contributed by atoms with Gasteiger partial charge in [0.05, 0.1) is 6.04 Å². The molecular weight excluding hydrogens is 304 g/mol. The molecule has 0 saturated carbocycles. The van der Waals surface area contributed by atoms with Crippen LogP contribution in [0.5, 0.6) is 0 Å². The van der Waals surface area contributed by atoms with Crippen LogP contribution in [0.2, 0.25) is 0 Å². The van der Waals surface area contributed by atoms with Crippen molar-refractivity contribution in [3.05, 3.63) is 88.6 Å². The maximum Gasteiger partial charge on any atom is 0.0714 e. The summed E-state index contributed by atoms with van der Waals surface area (Å²) < 4.78 is 0. The summed E-state index contributed by atoms with van der Waals surface area (Å²) in [5.41, 5.74) is 13.0. The average Bonchev–Trinajstić information content (AvgIpc) is 3.09. The fraction of sp³-hybridized carbons (Fsp3) is 0.304. The van der Waals surface area contributed by atoms with E-state index in [1.54, 1.807) is 0 Å². The Labute approximate surface area is 151 Å². The van der Waals surface area contributed by atoms with Gasteiger partial charge in [-0.1, -0.05) is 82.3 Å². The van der Waals surface area contributed by atoms with Crippen LogP contribution in [0, 0.1) is 0 Å². The molecule has 1 atom stereocenters. The third-order valence-electron chi connectivity index (χ3n) is 4.74. The summed E-state index contributed by atoms with van der Waals surface area (Å²) in [5.74, 6) is 1.14. The molecule has 1 heterocycles. The van der Waals surface area contributed by atoms with Crippen molar-refractivity contribution in [1.29, 1.82) is 0 Å². The second-order valence-corrected chi connectivity index (χ2v) is 7.35. The van der Waals surface area contributed by atoms with Crippen molar-refractivity contribution >= 4 is 6.08 Å². The lowest BCUT2D eigenvalue weighted by Gasteiger charge is -2.11. The minimum Gasteiger partial charge on any atom is -0.321 e. The largest absolute Gasteiger partial charge is 0.321 e. The third-order valence-corrected chi connectivity index (χ3v) is 4.74. The van der Waals surface area contributed by atoms with E-state index in [-0.39, 0.29) is 6.04 Å². The van der Waals surface area contributed by atoms with Crippen LogP contribution in [0.25, 0.3) is 6.08 Å². The summed E-state index contributed by atoms with van der Waals surface area (Å²) >= 11 is 0. The predicted molar refractivity (Wildman–Crippen MR) is 107 cm³/mol. The highest BCUT2D eigenvalue weighted by molar-refractivity contribution is 5.54. The number of hydrazine groups is 1. The summed E-state index contributed by atoms with van der Waals surface area (Å²) in [6.07, 6.45) is 6.50. The van der Waals surface area contributed by atoms with E-state index >= 15 is 0 Å². The molecule has 0 amide bonds. The van der Waals surface area contributed by atoms with Gasteiger partial charge in [0, 0.05) is 5.70 Å². The highest BCUT2D eigenvalue weighted by Gasteiger charge is 2.15. The van der Waals surface area contributed by atoms with Crippen LogP contribution >= 0.6 is 0 Å². The summed E-state index contributed by atoms with van der Waals surface area (Å²) in [5, 5.41) is 0. The van der Waals surface area contributed by atoms with E-state index in [9.17, 15) is 0 Å². The van der Waals surface area contributed by atoms with Crippen LogP contribution in [-0.4, -0.2) is 0 Å². The molecule has 0 spiro atoms. The monoisotopic (exact) mass is 332 g/mol. The number of hydrogen-bond donors (Lipinski definition) is 2. The van der Waals surface area contributed by atoms with Gasteiger partial charge < -0.3 is 5.43 Å². The molecule has 1 unspecified atom stereocenters. The van der Waals surface area contributed by atoms with E-state index in [4.69, 9.17) is 0 Å². The lowest BCUT2D eigenvalue weighted by molar-refractivity contribution is 0.602. The van der Waals surface area contributed by atoms with E-state index in [0.29, 0.717) is 11.8 Å². The van der Waals surface area contributed by atoms with Crippen molar-refractivity contribution < 1.29 is 0 Å². The van der Waals surface area contributed by atoms with Gasteiger partial charge in [-0.25, -0.2) is 5.43 Å². The zero-order valence-electron chi connectivity index (χ0n) is 15.6. The van der Waals surface area contributed by atoms with Gasteiger partial charge in [-0.15, -0.1) is 0 Å². The van der Waals surface area contributed by atoms with E-state index in [2.05, 4.69) is 105 Å². The molecule has 130 valence electrons. The average molecular weight is 332 g/mol. The zero-order chi connectivity index (χ0) is 17.8. The van der Waals surface area contributed by atoms with Crippen LogP contribution in [-0.2, 0) is 0 Å². The Bertz CT molecular complexity index is 750. The van der Waals surface area contributed by atoms with Crippen molar-refractivity contribution in [2.45, 2.75) is 45.6 Å². The minimum atomic E-state index is 0.212. The number of nitrogens with one attached hydrogen (secondary N) is 2. The molecule has 2 aromatic rings. The molecular formula is C23H28N2. The van der Waals surface area contributed by atoms with Crippen molar-refractivity contribution in [1.82, 2.24) is 10.9 Å². The van der Waals surface area contributed by atoms with Gasteiger partial charge >= 0.3 is 0 Å². The highest BCUT2D eigenvalue weighted by Crippen LogP contribution is 2.23. The maximum atomic E-state index is 3.34. The normalized spacial score (nSPS) is 17.4. The molecule has 0 fully saturated rings. The van der Waals surface area contributed by atoms with Gasteiger partial charge in [0.2, 0.25) is 0 Å². The SMILES string of the molecule is CC(C)c1ccc(C=CC2=CC(c3ccc(C(C)C)cc3)NN2)cc1. The first-order valence-corrected chi connectivity index (χ1v) is 9.14. The molecule has 0 saturated heterocycles. The third kappa shape index (κ3) is 4.40. The topological polar surface area (TPSA) is 24.1 Å². The van der Waals surface area contributed by atoms with E-state index in [1.807, 2.05) is 0 Å². The molecule has 25 heavy (non-hydrogen) atoms. The Balaban J connectivity index is 1.66. The molecule has 0 aliphatic carbocycles. The minimum absolute atomic E-state index is 0.212. The summed E-state index contributed by atoms with van der Waals surface area (Å²) in [6.45, 7) is 8.89. The van der Waals surface area contributed by atoms with E-state index in [0.717, 1.165) is 5.70 Å². The first-order valence-electron chi connectivity index (χ1n) is 9.14. The molecule has 2 nitrogen and oxygen atoms in total. The molecule has 2 aromatic carbocycles. The summed E-state index contributed by atoms with van der Waals surface area (Å²) in [4.78, 5) is 0. The molecule has 2 heteroatoms. The maximum absolute atomic E-state index is 3.34. The fourth-order valence-electron chi connectivity index (χ4n) is 2.97. The Hall–Kier alpha value is -2.32. The van der Waals surface area contributed by atoms with Gasteiger partial charge in [0.15, 0.2) is 0 Å². The fourth-order valence-corrected chi connectivity index (χ4v) is 2.97. The Morgan fingerprint density at radius 1 is 0.760 bits per heavy atom. The standard InChI is InChI=1S/C23H28N2/c1-16(2)19-8-5-18(6-9-19)7-14-22-15-23(25-24-22)21-12-10-20(11-13-21)17(3)4/h5-17,23-25H,1-4H3. The van der Waals surface area contributed by atoms with Gasteiger partial charge in [0.25, 0.3) is 0 Å². The van der Waals surface area contributed by atoms with Crippen molar-refractivity contribution in [3.8, 4) is 0 Å². The van der Waals surface area contributed by atoms with Crippen LogP contribution in [0.1, 0.15) is 67.8 Å². The van der Waals surface area contributed by atoms with Crippen LogP contribution in [0.15, 0.2) is 66.4 Å². The van der Waals surface area contributed by atoms with Gasteiger partial charge in [0.1, 0.15) is 0 Å².